The minimum absolute atomic E-state index is 0.105. The monoisotopic (exact) mass is 399 g/mol. The van der Waals surface area contributed by atoms with E-state index in [0.29, 0.717) is 6.42 Å². The molecule has 0 heterocycles. The minimum atomic E-state index is -4.74. The Hall–Kier alpha value is -2.37. The zero-order chi connectivity index (χ0) is 20.7. The van der Waals surface area contributed by atoms with E-state index in [1.807, 2.05) is 12.4 Å². The Labute approximate surface area is 154 Å². The van der Waals surface area contributed by atoms with Gasteiger partial charge in [0, 0.05) is 13.1 Å². The topological polar surface area (TPSA) is 123 Å². The number of halogens is 3. The number of amides is 2. The standard InChI is InChI=1S/C15H24F3N3O6/c1-19-6-4-2-3-5-9-26-13(24)11(22)20-7-8-21-12(23)14(25)27-10-15(16,17)18/h19H,2-10H2,1H3,(H,20,22)(H,21,23). The quantitative estimate of drug-likeness (QED) is 0.246. The second kappa shape index (κ2) is 13.8. The molecule has 156 valence electrons. The SMILES string of the molecule is CNCCCCCCOC(=O)C(=O)NCCNC(=O)C(=O)OCC(F)(F)F. The smallest absolute Gasteiger partial charge is 0.422 e. The first kappa shape index (κ1) is 24.6. The van der Waals surface area contributed by atoms with Crippen molar-refractivity contribution >= 4 is 23.8 Å². The zero-order valence-corrected chi connectivity index (χ0v) is 14.9. The number of unbranched alkanes of at least 4 members (excludes halogenated alkanes) is 3. The fraction of sp³-hybridized carbons (Fsp3) is 0.733. The van der Waals surface area contributed by atoms with Crippen molar-refractivity contribution in [3.05, 3.63) is 0 Å². The Kier molecular flexibility index (Phi) is 12.6. The average molecular weight is 399 g/mol. The lowest BCUT2D eigenvalue weighted by molar-refractivity contribution is -0.187. The molecule has 0 aromatic heterocycles. The molecule has 0 atom stereocenters. The van der Waals surface area contributed by atoms with Crippen molar-refractivity contribution in [1.82, 2.24) is 16.0 Å². The van der Waals surface area contributed by atoms with Crippen LogP contribution in [0.1, 0.15) is 25.7 Å². The highest BCUT2D eigenvalue weighted by atomic mass is 19.4. The first-order valence-corrected chi connectivity index (χ1v) is 8.28. The summed E-state index contributed by atoms with van der Waals surface area (Å²) in [5, 5.41) is 7.08. The lowest BCUT2D eigenvalue weighted by Crippen LogP contribution is -2.41. The van der Waals surface area contributed by atoms with E-state index in [9.17, 15) is 32.3 Å². The minimum Gasteiger partial charge on any atom is -0.459 e. The number of carbonyl (C=O) groups is 4. The first-order chi connectivity index (χ1) is 12.7. The molecule has 0 radical (unpaired) electrons. The molecule has 0 saturated carbocycles. The van der Waals surface area contributed by atoms with E-state index in [4.69, 9.17) is 4.74 Å². The van der Waals surface area contributed by atoms with Gasteiger partial charge in [0.2, 0.25) is 0 Å². The highest BCUT2D eigenvalue weighted by Crippen LogP contribution is 2.14. The number of carbonyl (C=O) groups excluding carboxylic acids is 4. The Balaban J connectivity index is 3.75. The summed E-state index contributed by atoms with van der Waals surface area (Å²) in [6.07, 6.45) is -1.29. The largest absolute Gasteiger partial charge is 0.459 e. The molecule has 0 aliphatic rings. The molecule has 0 spiro atoms. The van der Waals surface area contributed by atoms with Crippen LogP contribution in [-0.4, -0.2) is 69.8 Å². The average Bonchev–Trinajstić information content (AvgIpc) is 2.61. The zero-order valence-electron chi connectivity index (χ0n) is 14.9. The van der Waals surface area contributed by atoms with E-state index in [1.165, 1.54) is 0 Å². The van der Waals surface area contributed by atoms with Crippen molar-refractivity contribution < 1.29 is 41.8 Å². The Morgan fingerprint density at radius 1 is 0.778 bits per heavy atom. The summed E-state index contributed by atoms with van der Waals surface area (Å²) < 4.78 is 44.0. The van der Waals surface area contributed by atoms with Crippen LogP contribution in [0.15, 0.2) is 0 Å². The maximum absolute atomic E-state index is 11.8. The molecule has 0 saturated heterocycles. The molecule has 0 aromatic rings. The summed E-state index contributed by atoms with van der Waals surface area (Å²) in [5.41, 5.74) is 0. The molecule has 3 N–H and O–H groups in total. The van der Waals surface area contributed by atoms with Gasteiger partial charge in [0.1, 0.15) is 0 Å². The lowest BCUT2D eigenvalue weighted by atomic mass is 10.2. The molecule has 0 rings (SSSR count). The molecule has 2 amide bonds. The number of esters is 2. The molecule has 12 heteroatoms. The summed E-state index contributed by atoms with van der Waals surface area (Å²) >= 11 is 0. The number of alkyl halides is 3. The molecule has 0 aliphatic carbocycles. The van der Waals surface area contributed by atoms with Gasteiger partial charge in [-0.25, -0.2) is 9.59 Å². The first-order valence-electron chi connectivity index (χ1n) is 8.28. The second-order valence-corrected chi connectivity index (χ2v) is 5.36. The summed E-state index contributed by atoms with van der Waals surface area (Å²) in [7, 11) is 1.85. The molecule has 0 aliphatic heterocycles. The van der Waals surface area contributed by atoms with Crippen LogP contribution in [0.5, 0.6) is 0 Å². The summed E-state index contributed by atoms with van der Waals surface area (Å²) in [6, 6.07) is 0. The Morgan fingerprint density at radius 3 is 1.81 bits per heavy atom. The molecule has 0 fully saturated rings. The predicted octanol–water partition coefficient (Wildman–Crippen LogP) is -0.353. The number of ether oxygens (including phenoxy) is 2. The molecule has 0 bridgehead atoms. The third-order valence-corrected chi connectivity index (χ3v) is 2.99. The van der Waals surface area contributed by atoms with E-state index in [2.05, 4.69) is 15.4 Å². The van der Waals surface area contributed by atoms with Gasteiger partial charge in [-0.05, 0) is 26.4 Å². The van der Waals surface area contributed by atoms with Gasteiger partial charge in [-0.2, -0.15) is 13.2 Å². The highest BCUT2D eigenvalue weighted by molar-refractivity contribution is 6.33. The van der Waals surface area contributed by atoms with Gasteiger partial charge in [0.15, 0.2) is 6.61 Å². The van der Waals surface area contributed by atoms with Crippen LogP contribution in [0.2, 0.25) is 0 Å². The summed E-state index contributed by atoms with van der Waals surface area (Å²) in [6.45, 7) is -1.38. The van der Waals surface area contributed by atoms with Crippen LogP contribution in [0.4, 0.5) is 13.2 Å². The van der Waals surface area contributed by atoms with Crippen LogP contribution >= 0.6 is 0 Å². The molecule has 0 aromatic carbocycles. The van der Waals surface area contributed by atoms with Crippen LogP contribution in [-0.2, 0) is 28.7 Å². The van der Waals surface area contributed by atoms with Crippen LogP contribution in [0, 0.1) is 0 Å². The normalized spacial score (nSPS) is 10.8. The van der Waals surface area contributed by atoms with Crippen molar-refractivity contribution in [1.29, 1.82) is 0 Å². The molecule has 9 nitrogen and oxygen atoms in total. The fourth-order valence-corrected chi connectivity index (χ4v) is 1.70. The highest BCUT2D eigenvalue weighted by Gasteiger charge is 2.31. The second-order valence-electron chi connectivity index (χ2n) is 5.36. The molecule has 27 heavy (non-hydrogen) atoms. The van der Waals surface area contributed by atoms with E-state index >= 15 is 0 Å². The van der Waals surface area contributed by atoms with Crippen molar-refractivity contribution in [3.8, 4) is 0 Å². The Bertz CT molecular complexity index is 500. The maximum Gasteiger partial charge on any atom is 0.422 e. The van der Waals surface area contributed by atoms with Crippen LogP contribution in [0.3, 0.4) is 0 Å². The van der Waals surface area contributed by atoms with E-state index in [1.54, 1.807) is 0 Å². The third kappa shape index (κ3) is 14.5. The van der Waals surface area contributed by atoms with E-state index in [0.717, 1.165) is 25.8 Å². The van der Waals surface area contributed by atoms with Gasteiger partial charge in [-0.3, -0.25) is 9.59 Å². The van der Waals surface area contributed by atoms with Gasteiger partial charge in [-0.15, -0.1) is 0 Å². The number of hydrogen-bond acceptors (Lipinski definition) is 7. The molecular weight excluding hydrogens is 375 g/mol. The van der Waals surface area contributed by atoms with Crippen molar-refractivity contribution in [3.63, 3.8) is 0 Å². The lowest BCUT2D eigenvalue weighted by Gasteiger charge is -2.09. The van der Waals surface area contributed by atoms with Gasteiger partial charge in [0.05, 0.1) is 6.61 Å². The van der Waals surface area contributed by atoms with E-state index < -0.39 is 36.5 Å². The maximum atomic E-state index is 11.8. The predicted molar refractivity (Wildman–Crippen MR) is 86.4 cm³/mol. The van der Waals surface area contributed by atoms with Gasteiger partial charge in [0.25, 0.3) is 0 Å². The van der Waals surface area contributed by atoms with Crippen molar-refractivity contribution in [2.24, 2.45) is 0 Å². The van der Waals surface area contributed by atoms with Crippen LogP contribution < -0.4 is 16.0 Å². The van der Waals surface area contributed by atoms with E-state index in [-0.39, 0.29) is 19.7 Å². The number of hydrogen-bond donors (Lipinski definition) is 3. The third-order valence-electron chi connectivity index (χ3n) is 2.99. The molecular formula is C15H24F3N3O6. The number of rotatable bonds is 11. The van der Waals surface area contributed by atoms with Gasteiger partial charge in [-0.1, -0.05) is 12.8 Å². The number of nitrogens with one attached hydrogen (secondary N) is 3. The van der Waals surface area contributed by atoms with Crippen LogP contribution in [0.25, 0.3) is 0 Å². The Morgan fingerprint density at radius 2 is 1.30 bits per heavy atom. The van der Waals surface area contributed by atoms with Gasteiger partial charge < -0.3 is 25.4 Å². The summed E-state index contributed by atoms with van der Waals surface area (Å²) in [4.78, 5) is 44.9. The fourth-order valence-electron chi connectivity index (χ4n) is 1.70. The van der Waals surface area contributed by atoms with Crippen molar-refractivity contribution in [2.75, 3.05) is 39.9 Å². The summed E-state index contributed by atoms with van der Waals surface area (Å²) in [5.74, 6) is -5.21. The van der Waals surface area contributed by atoms with Gasteiger partial charge >= 0.3 is 29.9 Å². The van der Waals surface area contributed by atoms with Crippen molar-refractivity contribution in [2.45, 2.75) is 31.9 Å². The molecule has 0 unspecified atom stereocenters.